The van der Waals surface area contributed by atoms with Crippen LogP contribution in [0.4, 0.5) is 14.5 Å². The summed E-state index contributed by atoms with van der Waals surface area (Å²) in [5.74, 6) is -3.69. The average Bonchev–Trinajstić information content (AvgIpc) is 2.39. The summed E-state index contributed by atoms with van der Waals surface area (Å²) in [7, 11) is 0. The summed E-state index contributed by atoms with van der Waals surface area (Å²) in [5.41, 5.74) is -0.269. The molecule has 0 aromatic heterocycles. The average molecular weight is 286 g/mol. The van der Waals surface area contributed by atoms with Gasteiger partial charge in [-0.15, -0.1) is 0 Å². The highest BCUT2D eigenvalue weighted by molar-refractivity contribution is 6.39. The first kappa shape index (κ1) is 16.0. The maximum atomic E-state index is 13.3. The Morgan fingerprint density at radius 3 is 2.60 bits per heavy atom. The molecule has 0 spiro atoms. The molecule has 0 aliphatic rings. The predicted molar refractivity (Wildman–Crippen MR) is 68.9 cm³/mol. The van der Waals surface area contributed by atoms with Gasteiger partial charge in [0.2, 0.25) is 0 Å². The first-order valence-electron chi connectivity index (χ1n) is 6.11. The van der Waals surface area contributed by atoms with Gasteiger partial charge in [-0.3, -0.25) is 9.59 Å². The first-order valence-corrected chi connectivity index (χ1v) is 6.11. The molecule has 0 saturated heterocycles. The number of rotatable bonds is 5. The molecule has 0 aliphatic carbocycles. The van der Waals surface area contributed by atoms with Crippen molar-refractivity contribution >= 4 is 17.5 Å². The summed E-state index contributed by atoms with van der Waals surface area (Å²) in [5, 5.41) is 13.1. The number of hydrogen-bond donors (Lipinski definition) is 3. The van der Waals surface area contributed by atoms with Gasteiger partial charge in [-0.2, -0.15) is 0 Å². The van der Waals surface area contributed by atoms with Gasteiger partial charge in [0.05, 0.1) is 5.69 Å². The second kappa shape index (κ2) is 7.54. The van der Waals surface area contributed by atoms with Crippen LogP contribution in [-0.4, -0.2) is 29.6 Å². The smallest absolute Gasteiger partial charge is 0.313 e. The number of hydrogen-bond acceptors (Lipinski definition) is 3. The monoisotopic (exact) mass is 286 g/mol. The number of carbonyl (C=O) groups excluding carboxylic acids is 2. The van der Waals surface area contributed by atoms with Crippen LogP contribution in [0.15, 0.2) is 18.2 Å². The molecule has 0 aliphatic heterocycles. The Bertz CT molecular complexity index is 495. The Morgan fingerprint density at radius 2 is 2.00 bits per heavy atom. The normalized spacial score (nSPS) is 11.8. The highest BCUT2D eigenvalue weighted by Crippen LogP contribution is 2.14. The molecule has 0 bridgehead atoms. The van der Waals surface area contributed by atoms with Crippen molar-refractivity contribution in [2.75, 3.05) is 11.9 Å². The minimum Gasteiger partial charge on any atom is -0.396 e. The van der Waals surface area contributed by atoms with Crippen molar-refractivity contribution in [3.63, 3.8) is 0 Å². The molecule has 110 valence electrons. The Balaban J connectivity index is 2.55. The molecular formula is C13H16F2N2O3. The molecule has 3 N–H and O–H groups in total. The lowest BCUT2D eigenvalue weighted by atomic mass is 10.2. The van der Waals surface area contributed by atoms with E-state index in [0.717, 1.165) is 12.1 Å². The zero-order valence-electron chi connectivity index (χ0n) is 11.0. The molecule has 5 nitrogen and oxygen atoms in total. The Kier molecular flexibility index (Phi) is 6.05. The SMILES string of the molecule is CC(CCCO)NC(=O)C(=O)Nc1ccc(F)cc1F. The number of carbonyl (C=O) groups is 2. The highest BCUT2D eigenvalue weighted by atomic mass is 19.1. The van der Waals surface area contributed by atoms with Crippen molar-refractivity contribution in [2.45, 2.75) is 25.8 Å². The van der Waals surface area contributed by atoms with Gasteiger partial charge in [-0.25, -0.2) is 8.78 Å². The Hall–Kier alpha value is -2.02. The van der Waals surface area contributed by atoms with Crippen LogP contribution in [0, 0.1) is 11.6 Å². The van der Waals surface area contributed by atoms with Crippen LogP contribution in [0.3, 0.4) is 0 Å². The summed E-state index contributed by atoms with van der Waals surface area (Å²) >= 11 is 0. The molecule has 1 unspecified atom stereocenters. The third-order valence-electron chi connectivity index (χ3n) is 2.56. The molecule has 0 saturated carbocycles. The van der Waals surface area contributed by atoms with Gasteiger partial charge in [0.25, 0.3) is 0 Å². The van der Waals surface area contributed by atoms with E-state index in [4.69, 9.17) is 5.11 Å². The van der Waals surface area contributed by atoms with E-state index < -0.39 is 23.4 Å². The van der Waals surface area contributed by atoms with Crippen molar-refractivity contribution in [2.24, 2.45) is 0 Å². The van der Waals surface area contributed by atoms with Crippen LogP contribution in [0.1, 0.15) is 19.8 Å². The van der Waals surface area contributed by atoms with Gasteiger partial charge < -0.3 is 15.7 Å². The number of benzene rings is 1. The third kappa shape index (κ3) is 4.93. The van der Waals surface area contributed by atoms with E-state index >= 15 is 0 Å². The van der Waals surface area contributed by atoms with Crippen molar-refractivity contribution in [1.29, 1.82) is 0 Å². The van der Waals surface area contributed by atoms with Crippen LogP contribution in [-0.2, 0) is 9.59 Å². The Morgan fingerprint density at radius 1 is 1.30 bits per heavy atom. The molecule has 7 heteroatoms. The first-order chi connectivity index (χ1) is 9.43. The highest BCUT2D eigenvalue weighted by Gasteiger charge is 2.17. The standard InChI is InChI=1S/C13H16F2N2O3/c1-8(3-2-6-18)16-12(19)13(20)17-11-5-4-9(14)7-10(11)15/h4-5,7-8,18H,2-3,6H2,1H3,(H,16,19)(H,17,20). The van der Waals surface area contributed by atoms with Gasteiger partial charge >= 0.3 is 11.8 Å². The third-order valence-corrected chi connectivity index (χ3v) is 2.56. The molecule has 1 aromatic rings. The fourth-order valence-electron chi connectivity index (χ4n) is 1.53. The summed E-state index contributed by atoms with van der Waals surface area (Å²) in [6.45, 7) is 1.67. The maximum absolute atomic E-state index is 13.3. The number of anilines is 1. The van der Waals surface area contributed by atoms with Crippen LogP contribution in [0.2, 0.25) is 0 Å². The molecule has 20 heavy (non-hydrogen) atoms. The number of nitrogens with one attached hydrogen (secondary N) is 2. The number of aliphatic hydroxyl groups excluding tert-OH is 1. The predicted octanol–water partition coefficient (Wildman–Crippen LogP) is 1.18. The fourth-order valence-corrected chi connectivity index (χ4v) is 1.53. The van der Waals surface area contributed by atoms with Crippen LogP contribution < -0.4 is 10.6 Å². The minimum absolute atomic E-state index is 0.00675. The van der Waals surface area contributed by atoms with E-state index in [1.54, 1.807) is 6.92 Å². The molecule has 1 aromatic carbocycles. The van der Waals surface area contributed by atoms with Crippen LogP contribution in [0.25, 0.3) is 0 Å². The van der Waals surface area contributed by atoms with E-state index in [-0.39, 0.29) is 18.3 Å². The van der Waals surface area contributed by atoms with E-state index in [1.807, 2.05) is 0 Å². The molecule has 1 rings (SSSR count). The second-order valence-electron chi connectivity index (χ2n) is 4.32. The lowest BCUT2D eigenvalue weighted by molar-refractivity contribution is -0.136. The number of halogens is 2. The quantitative estimate of drug-likeness (QED) is 0.711. The van der Waals surface area contributed by atoms with Gasteiger partial charge in [0.15, 0.2) is 0 Å². The molecule has 0 fully saturated rings. The molecule has 0 heterocycles. The van der Waals surface area contributed by atoms with E-state index in [0.29, 0.717) is 18.9 Å². The lowest BCUT2D eigenvalue weighted by Gasteiger charge is -2.13. The van der Waals surface area contributed by atoms with Gasteiger partial charge in [-0.1, -0.05) is 0 Å². The molecule has 0 radical (unpaired) electrons. The van der Waals surface area contributed by atoms with Crippen molar-refractivity contribution in [3.8, 4) is 0 Å². The zero-order valence-corrected chi connectivity index (χ0v) is 11.0. The van der Waals surface area contributed by atoms with Gasteiger partial charge in [-0.05, 0) is 31.9 Å². The van der Waals surface area contributed by atoms with Crippen LogP contribution >= 0.6 is 0 Å². The maximum Gasteiger partial charge on any atom is 0.313 e. The van der Waals surface area contributed by atoms with E-state index in [1.165, 1.54) is 0 Å². The second-order valence-corrected chi connectivity index (χ2v) is 4.32. The zero-order chi connectivity index (χ0) is 15.1. The molecular weight excluding hydrogens is 270 g/mol. The Labute approximate surface area is 115 Å². The van der Waals surface area contributed by atoms with E-state index in [9.17, 15) is 18.4 Å². The van der Waals surface area contributed by atoms with Crippen molar-refractivity contribution < 1.29 is 23.5 Å². The summed E-state index contributed by atoms with van der Waals surface area (Å²) in [6.07, 6.45) is 1.01. The number of amides is 2. The van der Waals surface area contributed by atoms with Crippen molar-refractivity contribution in [3.05, 3.63) is 29.8 Å². The van der Waals surface area contributed by atoms with Gasteiger partial charge in [0, 0.05) is 18.7 Å². The summed E-state index contributed by atoms with van der Waals surface area (Å²) < 4.78 is 26.0. The van der Waals surface area contributed by atoms with Crippen LogP contribution in [0.5, 0.6) is 0 Å². The summed E-state index contributed by atoms with van der Waals surface area (Å²) in [6, 6.07) is 2.32. The minimum atomic E-state index is -1.04. The number of aliphatic hydroxyl groups is 1. The largest absolute Gasteiger partial charge is 0.396 e. The topological polar surface area (TPSA) is 78.4 Å². The molecule has 2 amide bonds. The fraction of sp³-hybridized carbons (Fsp3) is 0.385. The summed E-state index contributed by atoms with van der Waals surface area (Å²) in [4.78, 5) is 23.0. The van der Waals surface area contributed by atoms with Crippen molar-refractivity contribution in [1.82, 2.24) is 5.32 Å². The lowest BCUT2D eigenvalue weighted by Crippen LogP contribution is -2.40. The van der Waals surface area contributed by atoms with Gasteiger partial charge in [0.1, 0.15) is 11.6 Å². The molecule has 1 atom stereocenters. The van der Waals surface area contributed by atoms with E-state index in [2.05, 4.69) is 10.6 Å².